The van der Waals surface area contributed by atoms with Crippen molar-refractivity contribution in [2.45, 2.75) is 18.4 Å². The molecule has 30 heavy (non-hydrogen) atoms. The Labute approximate surface area is 180 Å². The summed E-state index contributed by atoms with van der Waals surface area (Å²) in [5, 5.41) is 7.37. The SMILES string of the molecule is COCCN=C1Nc2ccccc2NC12CCCN(C(=O)c1cc(Cl)ccc1F)C2. The van der Waals surface area contributed by atoms with Crippen molar-refractivity contribution in [3.63, 3.8) is 0 Å². The third-order valence-corrected chi connectivity index (χ3v) is 5.75. The number of rotatable bonds is 4. The maximum Gasteiger partial charge on any atom is 0.256 e. The minimum absolute atomic E-state index is 0.0124. The molecule has 0 aliphatic carbocycles. The van der Waals surface area contributed by atoms with Crippen LogP contribution in [0.25, 0.3) is 0 Å². The fourth-order valence-corrected chi connectivity index (χ4v) is 4.23. The highest BCUT2D eigenvalue weighted by Gasteiger charge is 2.44. The van der Waals surface area contributed by atoms with E-state index < -0.39 is 11.4 Å². The van der Waals surface area contributed by atoms with Gasteiger partial charge in [0.25, 0.3) is 5.91 Å². The third kappa shape index (κ3) is 4.00. The van der Waals surface area contributed by atoms with E-state index >= 15 is 0 Å². The number of amidine groups is 1. The van der Waals surface area contributed by atoms with Crippen molar-refractivity contribution >= 4 is 34.7 Å². The molecule has 2 aromatic rings. The second kappa shape index (κ2) is 8.62. The van der Waals surface area contributed by atoms with E-state index in [-0.39, 0.29) is 11.5 Å². The zero-order valence-corrected chi connectivity index (χ0v) is 17.5. The normalized spacial score (nSPS) is 21.8. The number of methoxy groups -OCH3 is 1. The minimum Gasteiger partial charge on any atom is -0.383 e. The van der Waals surface area contributed by atoms with Gasteiger partial charge in [0.05, 0.1) is 36.6 Å². The van der Waals surface area contributed by atoms with Crippen LogP contribution in [0, 0.1) is 5.82 Å². The summed E-state index contributed by atoms with van der Waals surface area (Å²) in [5.74, 6) is -0.175. The molecule has 4 rings (SSSR count). The molecule has 0 radical (unpaired) electrons. The van der Waals surface area contributed by atoms with Crippen molar-refractivity contribution in [2.24, 2.45) is 4.99 Å². The first-order valence-corrected chi connectivity index (χ1v) is 10.3. The number of carbonyl (C=O) groups excluding carboxylic acids is 1. The largest absolute Gasteiger partial charge is 0.383 e. The number of carbonyl (C=O) groups is 1. The van der Waals surface area contributed by atoms with Crippen LogP contribution in [0.1, 0.15) is 23.2 Å². The molecule has 1 atom stereocenters. The number of halogens is 2. The molecule has 1 saturated heterocycles. The fourth-order valence-electron chi connectivity index (χ4n) is 4.06. The van der Waals surface area contributed by atoms with Crippen LogP contribution in [0.5, 0.6) is 0 Å². The summed E-state index contributed by atoms with van der Waals surface area (Å²) < 4.78 is 19.5. The first-order chi connectivity index (χ1) is 14.5. The van der Waals surface area contributed by atoms with E-state index in [1.54, 1.807) is 12.0 Å². The maximum absolute atomic E-state index is 14.3. The number of nitrogens with zero attached hydrogens (tertiary/aromatic N) is 2. The predicted molar refractivity (Wildman–Crippen MR) is 117 cm³/mol. The Bertz CT molecular complexity index is 983. The van der Waals surface area contributed by atoms with E-state index in [0.29, 0.717) is 31.3 Å². The Kier molecular flexibility index (Phi) is 5.92. The molecule has 0 saturated carbocycles. The number of likely N-dealkylation sites (tertiary alicyclic amines) is 1. The van der Waals surface area contributed by atoms with Crippen LogP contribution >= 0.6 is 11.6 Å². The van der Waals surface area contributed by atoms with Gasteiger partial charge in [-0.3, -0.25) is 9.79 Å². The average molecular weight is 431 g/mol. The number of anilines is 2. The summed E-state index contributed by atoms with van der Waals surface area (Å²) >= 11 is 6.00. The number of piperidine rings is 1. The number of hydrogen-bond acceptors (Lipinski definition) is 4. The summed E-state index contributed by atoms with van der Waals surface area (Å²) in [6.45, 7) is 1.91. The van der Waals surface area contributed by atoms with Gasteiger partial charge in [0.15, 0.2) is 0 Å². The van der Waals surface area contributed by atoms with Crippen molar-refractivity contribution in [2.75, 3.05) is 44.0 Å². The van der Waals surface area contributed by atoms with Crippen LogP contribution < -0.4 is 10.6 Å². The van der Waals surface area contributed by atoms with Crippen molar-refractivity contribution < 1.29 is 13.9 Å². The van der Waals surface area contributed by atoms with Gasteiger partial charge in [-0.25, -0.2) is 4.39 Å². The molecule has 2 aromatic carbocycles. The Balaban J connectivity index is 1.66. The number of fused-ring (bicyclic) bond motifs is 1. The van der Waals surface area contributed by atoms with E-state index in [9.17, 15) is 9.18 Å². The maximum atomic E-state index is 14.3. The van der Waals surface area contributed by atoms with Crippen LogP contribution in [0.4, 0.5) is 15.8 Å². The monoisotopic (exact) mass is 430 g/mol. The zero-order valence-electron chi connectivity index (χ0n) is 16.8. The first kappa shape index (κ1) is 20.6. The lowest BCUT2D eigenvalue weighted by Gasteiger charge is -2.47. The highest BCUT2D eigenvalue weighted by atomic mass is 35.5. The zero-order chi connectivity index (χ0) is 21.1. The van der Waals surface area contributed by atoms with Crippen molar-refractivity contribution in [1.29, 1.82) is 0 Å². The molecule has 2 N–H and O–H groups in total. The molecule has 2 aliphatic rings. The highest BCUT2D eigenvalue weighted by molar-refractivity contribution is 6.31. The third-order valence-electron chi connectivity index (χ3n) is 5.51. The van der Waals surface area contributed by atoms with Gasteiger partial charge in [-0.15, -0.1) is 0 Å². The van der Waals surface area contributed by atoms with Gasteiger partial charge < -0.3 is 20.3 Å². The fraction of sp³-hybridized carbons (Fsp3) is 0.364. The van der Waals surface area contributed by atoms with E-state index in [1.807, 2.05) is 24.3 Å². The van der Waals surface area contributed by atoms with Gasteiger partial charge in [-0.1, -0.05) is 23.7 Å². The van der Waals surface area contributed by atoms with Crippen LogP contribution in [0.2, 0.25) is 5.02 Å². The lowest BCUT2D eigenvalue weighted by Crippen LogP contribution is -2.62. The van der Waals surface area contributed by atoms with Crippen LogP contribution in [0.15, 0.2) is 47.5 Å². The smallest absolute Gasteiger partial charge is 0.256 e. The number of para-hydroxylation sites is 2. The average Bonchev–Trinajstić information content (AvgIpc) is 2.75. The molecule has 0 bridgehead atoms. The van der Waals surface area contributed by atoms with Crippen LogP contribution in [-0.2, 0) is 4.74 Å². The summed E-state index contributed by atoms with van der Waals surface area (Å²) in [6.07, 6.45) is 1.55. The van der Waals surface area contributed by atoms with Gasteiger partial charge in [-0.05, 0) is 43.2 Å². The van der Waals surface area contributed by atoms with Crippen molar-refractivity contribution in [1.82, 2.24) is 4.90 Å². The number of nitrogens with one attached hydrogen (secondary N) is 2. The van der Waals surface area contributed by atoms with Gasteiger partial charge in [0.1, 0.15) is 17.2 Å². The summed E-state index contributed by atoms with van der Waals surface area (Å²) in [7, 11) is 1.64. The number of benzene rings is 2. The van der Waals surface area contributed by atoms with Gasteiger partial charge in [-0.2, -0.15) is 0 Å². The number of ether oxygens (including phenoxy) is 1. The molecule has 1 amide bonds. The second-order valence-corrected chi connectivity index (χ2v) is 7.99. The lowest BCUT2D eigenvalue weighted by atomic mass is 9.84. The Morgan fingerprint density at radius 2 is 2.10 bits per heavy atom. The second-order valence-electron chi connectivity index (χ2n) is 7.56. The molecular weight excluding hydrogens is 407 g/mol. The lowest BCUT2D eigenvalue weighted by molar-refractivity contribution is 0.0689. The minimum atomic E-state index is -0.578. The van der Waals surface area contributed by atoms with Crippen molar-refractivity contribution in [3.8, 4) is 0 Å². The van der Waals surface area contributed by atoms with Crippen LogP contribution in [0.3, 0.4) is 0 Å². The molecule has 2 heterocycles. The standard InChI is InChI=1S/C22H24ClFN4O2/c1-30-12-10-25-21-22(27-19-6-3-2-5-18(19)26-21)9-4-11-28(14-22)20(29)16-13-15(23)7-8-17(16)24/h2-3,5-8,13,27H,4,9-12,14H2,1H3,(H,25,26). The van der Waals surface area contributed by atoms with E-state index in [2.05, 4.69) is 10.6 Å². The molecule has 1 unspecified atom stereocenters. The summed E-state index contributed by atoms with van der Waals surface area (Å²) in [4.78, 5) is 19.5. The van der Waals surface area contributed by atoms with E-state index in [4.69, 9.17) is 21.3 Å². The van der Waals surface area contributed by atoms with Crippen LogP contribution in [-0.4, -0.2) is 55.5 Å². The van der Waals surface area contributed by atoms with Gasteiger partial charge in [0.2, 0.25) is 0 Å². The van der Waals surface area contributed by atoms with Gasteiger partial charge >= 0.3 is 0 Å². The molecule has 8 heteroatoms. The molecular formula is C22H24ClFN4O2. The Morgan fingerprint density at radius 3 is 2.90 bits per heavy atom. The van der Waals surface area contributed by atoms with E-state index in [0.717, 1.165) is 30.1 Å². The molecule has 6 nitrogen and oxygen atoms in total. The Hall–Kier alpha value is -2.64. The number of aliphatic imine (C=N–C) groups is 1. The van der Waals surface area contributed by atoms with E-state index in [1.165, 1.54) is 18.2 Å². The number of hydrogen-bond donors (Lipinski definition) is 2. The first-order valence-electron chi connectivity index (χ1n) is 9.95. The number of amides is 1. The molecule has 2 aliphatic heterocycles. The quantitative estimate of drug-likeness (QED) is 0.718. The molecule has 158 valence electrons. The van der Waals surface area contributed by atoms with Gasteiger partial charge in [0, 0.05) is 18.7 Å². The Morgan fingerprint density at radius 1 is 1.30 bits per heavy atom. The molecule has 1 spiro atoms. The molecule has 1 fully saturated rings. The predicted octanol–water partition coefficient (Wildman–Crippen LogP) is 4.04. The summed E-state index contributed by atoms with van der Waals surface area (Å²) in [5.41, 5.74) is 1.29. The highest BCUT2D eigenvalue weighted by Crippen LogP contribution is 2.36. The topological polar surface area (TPSA) is 66.0 Å². The summed E-state index contributed by atoms with van der Waals surface area (Å²) in [6, 6.07) is 11.9. The van der Waals surface area contributed by atoms with Crippen molar-refractivity contribution in [3.05, 3.63) is 58.9 Å². The molecule has 0 aromatic heterocycles.